The highest BCUT2D eigenvalue weighted by atomic mass is 16.6. The molecule has 0 saturated heterocycles. The molecule has 0 fully saturated rings. The summed E-state index contributed by atoms with van der Waals surface area (Å²) < 4.78 is 4.80. The summed E-state index contributed by atoms with van der Waals surface area (Å²) in [7, 11) is 0. The van der Waals surface area contributed by atoms with Crippen molar-refractivity contribution < 1.29 is 19.7 Å². The number of carboxylic acids is 1. The fraction of sp³-hybridized carbons (Fsp3) is 0.650. The number of unbranched alkanes of at least 4 members (excludes halogenated alkanes) is 7. The van der Waals surface area contributed by atoms with Gasteiger partial charge >= 0.3 is 5.97 Å². The average molecular weight is 336 g/mol. The third kappa shape index (κ3) is 10.3. The maximum absolute atomic E-state index is 10.5. The molecule has 0 amide bonds. The molecule has 0 radical (unpaired) electrons. The molecule has 1 unspecified atom stereocenters. The van der Waals surface area contributed by atoms with E-state index in [0.717, 1.165) is 32.1 Å². The summed E-state index contributed by atoms with van der Waals surface area (Å²) in [6.45, 7) is 2.19. The smallest absolute Gasteiger partial charge is 0.375 e. The maximum Gasteiger partial charge on any atom is 0.375 e. The van der Waals surface area contributed by atoms with Gasteiger partial charge in [-0.3, -0.25) is 0 Å². The minimum Gasteiger partial charge on any atom is -0.475 e. The molecule has 4 heteroatoms. The summed E-state index contributed by atoms with van der Waals surface area (Å²) in [6, 6.07) is 0. The van der Waals surface area contributed by atoms with Crippen molar-refractivity contribution in [1.82, 2.24) is 0 Å². The Morgan fingerprint density at radius 1 is 1.04 bits per heavy atom. The van der Waals surface area contributed by atoms with Gasteiger partial charge in [-0.05, 0) is 31.8 Å². The van der Waals surface area contributed by atoms with Crippen molar-refractivity contribution in [1.29, 1.82) is 0 Å². The van der Waals surface area contributed by atoms with Gasteiger partial charge in [-0.15, -0.1) is 0 Å². The van der Waals surface area contributed by atoms with Gasteiger partial charge in [0.1, 0.15) is 0 Å². The first-order chi connectivity index (χ1) is 11.6. The lowest BCUT2D eigenvalue weighted by atomic mass is 10.0. The van der Waals surface area contributed by atoms with Crippen molar-refractivity contribution in [3.63, 3.8) is 0 Å². The average Bonchev–Trinajstić information content (AvgIpc) is 3.32. The Hall–Kier alpha value is -1.55. The zero-order valence-corrected chi connectivity index (χ0v) is 14.9. The van der Waals surface area contributed by atoms with E-state index in [0.29, 0.717) is 5.76 Å². The Morgan fingerprint density at radius 3 is 2.38 bits per heavy atom. The van der Waals surface area contributed by atoms with Crippen LogP contribution >= 0.6 is 0 Å². The van der Waals surface area contributed by atoms with E-state index in [1.165, 1.54) is 38.5 Å². The molecular formula is C20H32O4. The van der Waals surface area contributed by atoms with Gasteiger partial charge in [0.15, 0.2) is 5.76 Å². The first-order valence-corrected chi connectivity index (χ1v) is 9.31. The molecule has 1 aliphatic rings. The highest BCUT2D eigenvalue weighted by molar-refractivity contribution is 5.89. The molecule has 4 nitrogen and oxygen atoms in total. The monoisotopic (exact) mass is 336 g/mol. The highest BCUT2D eigenvalue weighted by Crippen LogP contribution is 2.26. The topological polar surface area (TPSA) is 70.1 Å². The summed E-state index contributed by atoms with van der Waals surface area (Å²) in [5.74, 6) is -0.508. The van der Waals surface area contributed by atoms with Crippen molar-refractivity contribution >= 4 is 5.97 Å². The fourth-order valence-corrected chi connectivity index (χ4v) is 2.61. The normalized spacial score (nSPS) is 15.2. The van der Waals surface area contributed by atoms with Crippen molar-refractivity contribution in [3.05, 3.63) is 35.8 Å². The summed E-state index contributed by atoms with van der Waals surface area (Å²) >= 11 is 0. The van der Waals surface area contributed by atoms with E-state index in [1.807, 2.05) is 12.2 Å². The molecule has 0 aliphatic carbocycles. The first-order valence-electron chi connectivity index (χ1n) is 9.31. The highest BCUT2D eigenvalue weighted by Gasteiger charge is 2.29. The Bertz CT molecular complexity index is 449. The maximum atomic E-state index is 10.5. The fourth-order valence-electron chi connectivity index (χ4n) is 2.61. The molecule has 1 rings (SSSR count). The number of ether oxygens (including phenoxy) is 1. The minimum absolute atomic E-state index is 0.0510. The van der Waals surface area contributed by atoms with E-state index >= 15 is 0 Å². The zero-order valence-electron chi connectivity index (χ0n) is 14.9. The minimum atomic E-state index is -1.01. The number of allylic oxidation sites excluding steroid dienone is 4. The van der Waals surface area contributed by atoms with Gasteiger partial charge in [-0.1, -0.05) is 70.1 Å². The first kappa shape index (κ1) is 20.5. The largest absolute Gasteiger partial charge is 0.475 e. The summed E-state index contributed by atoms with van der Waals surface area (Å²) in [5, 5.41) is 18.4. The van der Waals surface area contributed by atoms with Crippen LogP contribution in [0.25, 0.3) is 0 Å². The Labute approximate surface area is 145 Å². The number of rotatable bonds is 15. The third-order valence-electron chi connectivity index (χ3n) is 4.13. The second-order valence-electron chi connectivity index (χ2n) is 6.38. The number of aliphatic hydroxyl groups excluding tert-OH is 1. The van der Waals surface area contributed by atoms with E-state index in [-0.39, 0.29) is 11.9 Å². The van der Waals surface area contributed by atoms with E-state index in [1.54, 1.807) is 6.08 Å². The molecule has 0 saturated carbocycles. The van der Waals surface area contributed by atoms with Gasteiger partial charge in [-0.2, -0.15) is 0 Å². The van der Waals surface area contributed by atoms with Crippen LogP contribution in [0.15, 0.2) is 35.8 Å². The molecule has 136 valence electrons. The van der Waals surface area contributed by atoms with E-state index in [2.05, 4.69) is 13.0 Å². The van der Waals surface area contributed by atoms with Crippen molar-refractivity contribution in [3.8, 4) is 0 Å². The van der Waals surface area contributed by atoms with Crippen molar-refractivity contribution in [2.24, 2.45) is 0 Å². The summed E-state index contributed by atoms with van der Waals surface area (Å²) in [6.07, 6.45) is 19.9. The van der Waals surface area contributed by atoms with Crippen LogP contribution < -0.4 is 0 Å². The lowest BCUT2D eigenvalue weighted by Crippen LogP contribution is -2.05. The van der Waals surface area contributed by atoms with Crippen LogP contribution in [0.3, 0.4) is 0 Å². The number of aliphatic carboxylic acids is 1. The van der Waals surface area contributed by atoms with Crippen LogP contribution in [-0.2, 0) is 9.53 Å². The van der Waals surface area contributed by atoms with Crippen LogP contribution in [0, 0.1) is 0 Å². The van der Waals surface area contributed by atoms with Gasteiger partial charge in [0.2, 0.25) is 0 Å². The summed E-state index contributed by atoms with van der Waals surface area (Å²) in [4.78, 5) is 10.5. The van der Waals surface area contributed by atoms with E-state index in [9.17, 15) is 9.90 Å². The van der Waals surface area contributed by atoms with Crippen molar-refractivity contribution in [2.45, 2.75) is 83.7 Å². The molecule has 0 spiro atoms. The number of carboxylic acid groups (broad SMARTS) is 1. The molecule has 1 aliphatic heterocycles. The molecule has 0 aromatic rings. The second-order valence-corrected chi connectivity index (χ2v) is 6.38. The Kier molecular flexibility index (Phi) is 10.9. The van der Waals surface area contributed by atoms with Gasteiger partial charge in [0.05, 0.1) is 6.10 Å². The van der Waals surface area contributed by atoms with Gasteiger partial charge in [0, 0.05) is 0 Å². The number of aliphatic hydroxyl groups is 1. The van der Waals surface area contributed by atoms with Crippen LogP contribution in [0.4, 0.5) is 0 Å². The molecule has 2 N–H and O–H groups in total. The third-order valence-corrected chi connectivity index (χ3v) is 4.13. The van der Waals surface area contributed by atoms with Crippen LogP contribution in [0.1, 0.15) is 77.6 Å². The van der Waals surface area contributed by atoms with Crippen LogP contribution in [0.2, 0.25) is 0 Å². The van der Waals surface area contributed by atoms with Crippen molar-refractivity contribution in [2.75, 3.05) is 0 Å². The predicted octanol–water partition coefficient (Wildman–Crippen LogP) is 5.10. The molecule has 0 aromatic heterocycles. The Morgan fingerprint density at radius 2 is 1.71 bits per heavy atom. The van der Waals surface area contributed by atoms with E-state index < -0.39 is 5.97 Å². The second kappa shape index (κ2) is 12.8. The molecule has 1 atom stereocenters. The lowest BCUT2D eigenvalue weighted by molar-refractivity contribution is -0.133. The summed E-state index contributed by atoms with van der Waals surface area (Å²) in [5.41, 5.74) is 0. The molecule has 0 bridgehead atoms. The molecule has 1 heterocycles. The van der Waals surface area contributed by atoms with Gasteiger partial charge in [-0.25, -0.2) is 4.79 Å². The predicted molar refractivity (Wildman–Crippen MR) is 96.5 cm³/mol. The quantitative estimate of drug-likeness (QED) is 0.322. The molecular weight excluding hydrogens is 304 g/mol. The van der Waals surface area contributed by atoms with E-state index in [4.69, 9.17) is 9.84 Å². The SMILES string of the molecule is CCCCCC(O)CCCCCCCC=CC=CC1=C(C(=O)O)O1. The molecule has 0 aromatic carbocycles. The Balaban J connectivity index is 1.88. The number of hydrogen-bond acceptors (Lipinski definition) is 3. The van der Waals surface area contributed by atoms with Gasteiger partial charge in [0.25, 0.3) is 5.76 Å². The zero-order chi connectivity index (χ0) is 17.6. The lowest BCUT2D eigenvalue weighted by Gasteiger charge is -2.09. The van der Waals surface area contributed by atoms with Crippen LogP contribution in [-0.4, -0.2) is 22.3 Å². The number of carbonyl (C=O) groups is 1. The number of hydrogen-bond donors (Lipinski definition) is 2. The molecule has 24 heavy (non-hydrogen) atoms. The van der Waals surface area contributed by atoms with Gasteiger partial charge < -0.3 is 14.9 Å². The standard InChI is InChI=1S/C20H32O4/c1-2-3-11-14-17(21)15-12-9-7-5-4-6-8-10-13-16-18-19(24-18)20(22)23/h8,10,13,16-17,21H,2-7,9,11-12,14-15H2,1H3,(H,22,23). The van der Waals surface area contributed by atoms with Crippen LogP contribution in [0.5, 0.6) is 0 Å².